The van der Waals surface area contributed by atoms with Crippen molar-refractivity contribution in [3.05, 3.63) is 45.1 Å². The minimum absolute atomic E-state index is 0.0590. The number of carbonyl (C=O) groups is 3. The van der Waals surface area contributed by atoms with Gasteiger partial charge in [0, 0.05) is 24.5 Å². The molecule has 0 radical (unpaired) electrons. The third kappa shape index (κ3) is 3.85. The predicted octanol–water partition coefficient (Wildman–Crippen LogP) is 1.21. The van der Waals surface area contributed by atoms with Gasteiger partial charge in [0.2, 0.25) is 0 Å². The van der Waals surface area contributed by atoms with Crippen molar-refractivity contribution in [2.45, 2.75) is 18.3 Å². The highest BCUT2D eigenvalue weighted by molar-refractivity contribution is 8.00. The van der Waals surface area contributed by atoms with Crippen molar-refractivity contribution < 1.29 is 33.9 Å². The summed E-state index contributed by atoms with van der Waals surface area (Å²) >= 11 is 1.28. The smallest absolute Gasteiger partial charge is 0.352 e. The number of esters is 1. The Bertz CT molecular complexity index is 990. The molecule has 1 saturated heterocycles. The van der Waals surface area contributed by atoms with Crippen LogP contribution in [-0.4, -0.2) is 69.9 Å². The Morgan fingerprint density at radius 2 is 2.20 bits per heavy atom. The van der Waals surface area contributed by atoms with E-state index in [2.05, 4.69) is 4.99 Å². The van der Waals surface area contributed by atoms with E-state index >= 15 is 0 Å². The number of thioether (sulfide) groups is 1. The van der Waals surface area contributed by atoms with Gasteiger partial charge in [-0.15, -0.1) is 11.8 Å². The maximum atomic E-state index is 12.6. The number of hydrogen-bond donors (Lipinski definition) is 1. The normalized spacial score (nSPS) is 20.6. The van der Waals surface area contributed by atoms with Crippen LogP contribution >= 0.6 is 11.8 Å². The molecule has 11 nitrogen and oxygen atoms in total. The Kier molecular flexibility index (Phi) is 6.06. The van der Waals surface area contributed by atoms with Crippen molar-refractivity contribution in [3.63, 3.8) is 0 Å². The number of carbonyl (C=O) groups excluding carboxylic acids is 2. The van der Waals surface area contributed by atoms with E-state index in [4.69, 9.17) is 9.47 Å². The minimum atomic E-state index is -1.30. The van der Waals surface area contributed by atoms with Crippen molar-refractivity contribution in [2.75, 3.05) is 19.5 Å². The lowest BCUT2D eigenvalue weighted by molar-refractivity contribution is -0.385. The summed E-state index contributed by atoms with van der Waals surface area (Å²) in [6, 6.07) is 3.59. The largest absolute Gasteiger partial charge is 0.490 e. The number of hydrogen-bond acceptors (Lipinski definition) is 9. The third-order valence-electron chi connectivity index (χ3n) is 4.48. The summed E-state index contributed by atoms with van der Waals surface area (Å²) in [6.07, 6.45) is 1.22. The number of para-hydroxylation sites is 1. The average Bonchev–Trinajstić information content (AvgIpc) is 2.70. The molecule has 0 aromatic heterocycles. The minimum Gasteiger partial charge on any atom is -0.490 e. The molecular formula is C18H17N3O8S. The van der Waals surface area contributed by atoms with Crippen LogP contribution in [0.1, 0.15) is 12.5 Å². The highest BCUT2D eigenvalue weighted by atomic mass is 32.2. The highest BCUT2D eigenvalue weighted by Crippen LogP contribution is 2.42. The molecule has 30 heavy (non-hydrogen) atoms. The van der Waals surface area contributed by atoms with E-state index < -0.39 is 34.2 Å². The molecule has 2 aliphatic rings. The van der Waals surface area contributed by atoms with E-state index in [0.717, 1.165) is 4.90 Å². The first-order valence-electron chi connectivity index (χ1n) is 8.64. The standard InChI is InChI=1S/C18H17N3O8S/c1-9(22)29-7-11-8-30-17-13(16(23)20(17)15(11)18(24)25)19-6-10-4-3-5-12(28-2)14(10)21(26)27/h3-6,13,17H,7-8H2,1-2H3,(H,24,25)/t13-,17-/m1/s1. The summed E-state index contributed by atoms with van der Waals surface area (Å²) in [4.78, 5) is 51.4. The van der Waals surface area contributed by atoms with E-state index in [1.807, 2.05) is 0 Å². The number of ether oxygens (including phenoxy) is 2. The van der Waals surface area contributed by atoms with Gasteiger partial charge in [0.1, 0.15) is 17.7 Å². The molecular weight excluding hydrogens is 418 g/mol. The number of amides is 1. The fourth-order valence-electron chi connectivity index (χ4n) is 3.13. The zero-order valence-electron chi connectivity index (χ0n) is 15.9. The van der Waals surface area contributed by atoms with E-state index in [1.54, 1.807) is 6.07 Å². The van der Waals surface area contributed by atoms with Crippen LogP contribution in [0.3, 0.4) is 0 Å². The van der Waals surface area contributed by atoms with E-state index in [-0.39, 0.29) is 35.1 Å². The Balaban J connectivity index is 1.85. The molecule has 0 saturated carbocycles. The molecule has 1 fully saturated rings. The van der Waals surface area contributed by atoms with Crippen LogP contribution in [0.15, 0.2) is 34.5 Å². The molecule has 12 heteroatoms. The van der Waals surface area contributed by atoms with E-state index in [1.165, 1.54) is 44.1 Å². The fraction of sp³-hybridized carbons (Fsp3) is 0.333. The lowest BCUT2D eigenvalue weighted by Crippen LogP contribution is -2.64. The van der Waals surface area contributed by atoms with Gasteiger partial charge in [0.25, 0.3) is 5.91 Å². The lowest BCUT2D eigenvalue weighted by Gasteiger charge is -2.47. The number of fused-ring (bicyclic) bond motifs is 1. The van der Waals surface area contributed by atoms with Crippen molar-refractivity contribution in [1.29, 1.82) is 0 Å². The van der Waals surface area contributed by atoms with Crippen LogP contribution in [0.5, 0.6) is 5.75 Å². The Labute approximate surface area is 174 Å². The Morgan fingerprint density at radius 3 is 2.80 bits per heavy atom. The lowest BCUT2D eigenvalue weighted by atomic mass is 10.0. The average molecular weight is 435 g/mol. The monoisotopic (exact) mass is 435 g/mol. The molecule has 158 valence electrons. The first-order valence-corrected chi connectivity index (χ1v) is 9.69. The molecule has 1 N–H and O–H groups in total. The SMILES string of the molecule is COc1cccc(C=N[C@@H]2C(=O)N3C(C(=O)O)=C(COC(C)=O)CS[C@H]23)c1[N+](=O)[O-]. The van der Waals surface area contributed by atoms with Gasteiger partial charge >= 0.3 is 17.6 Å². The van der Waals surface area contributed by atoms with Gasteiger partial charge in [-0.2, -0.15) is 0 Å². The van der Waals surface area contributed by atoms with Crippen molar-refractivity contribution >= 4 is 41.5 Å². The summed E-state index contributed by atoms with van der Waals surface area (Å²) in [5.74, 6) is -2.11. The number of aliphatic carboxylic acids is 1. The van der Waals surface area contributed by atoms with Crippen LogP contribution in [0, 0.1) is 10.1 Å². The zero-order chi connectivity index (χ0) is 22.0. The molecule has 0 unspecified atom stereocenters. The second kappa shape index (κ2) is 8.53. The molecule has 1 aromatic rings. The second-order valence-corrected chi connectivity index (χ2v) is 7.43. The summed E-state index contributed by atoms with van der Waals surface area (Å²) < 4.78 is 9.88. The maximum Gasteiger partial charge on any atom is 0.352 e. The van der Waals surface area contributed by atoms with Crippen molar-refractivity contribution in [2.24, 2.45) is 4.99 Å². The first-order chi connectivity index (χ1) is 14.3. The number of nitro groups is 1. The molecule has 3 rings (SSSR count). The Morgan fingerprint density at radius 1 is 1.47 bits per heavy atom. The van der Waals surface area contributed by atoms with Gasteiger partial charge in [-0.05, 0) is 12.1 Å². The van der Waals surface area contributed by atoms with Crippen LogP contribution < -0.4 is 4.74 Å². The molecule has 1 aromatic carbocycles. The van der Waals surface area contributed by atoms with Crippen molar-refractivity contribution in [3.8, 4) is 5.75 Å². The van der Waals surface area contributed by atoms with Gasteiger partial charge in [0.15, 0.2) is 11.8 Å². The molecule has 2 aliphatic heterocycles. The van der Waals surface area contributed by atoms with E-state index in [0.29, 0.717) is 5.57 Å². The van der Waals surface area contributed by atoms with Gasteiger partial charge in [-0.3, -0.25) is 29.6 Å². The molecule has 0 aliphatic carbocycles. The molecule has 2 heterocycles. The molecule has 0 bridgehead atoms. The van der Waals surface area contributed by atoms with Crippen molar-refractivity contribution in [1.82, 2.24) is 4.90 Å². The molecule has 1 amide bonds. The second-order valence-electron chi connectivity index (χ2n) is 6.33. The summed E-state index contributed by atoms with van der Waals surface area (Å²) in [5.41, 5.74) is -0.0172. The number of nitrogens with zero attached hydrogens (tertiary/aromatic N) is 3. The summed E-state index contributed by atoms with van der Waals surface area (Å²) in [6.45, 7) is 0.988. The van der Waals surface area contributed by atoms with Gasteiger partial charge < -0.3 is 14.6 Å². The summed E-state index contributed by atoms with van der Waals surface area (Å²) in [5, 5.41) is 20.3. The predicted molar refractivity (Wildman–Crippen MR) is 105 cm³/mol. The van der Waals surface area contributed by atoms with Gasteiger partial charge in [-0.1, -0.05) is 6.07 Å². The van der Waals surface area contributed by atoms with Gasteiger partial charge in [0.05, 0.1) is 17.6 Å². The highest BCUT2D eigenvalue weighted by Gasteiger charge is 2.53. The number of rotatable bonds is 7. The number of carboxylic acids is 1. The van der Waals surface area contributed by atoms with Crippen LogP contribution in [-0.2, 0) is 19.1 Å². The first kappa shape index (κ1) is 21.3. The molecule has 2 atom stereocenters. The van der Waals surface area contributed by atoms with E-state index in [9.17, 15) is 29.6 Å². The number of benzene rings is 1. The number of nitro benzene ring substituents is 1. The van der Waals surface area contributed by atoms with Gasteiger partial charge in [-0.25, -0.2) is 4.79 Å². The zero-order valence-corrected chi connectivity index (χ0v) is 16.7. The summed E-state index contributed by atoms with van der Waals surface area (Å²) in [7, 11) is 1.31. The number of carboxylic acid groups (broad SMARTS) is 1. The fourth-order valence-corrected chi connectivity index (χ4v) is 4.45. The molecule has 0 spiro atoms. The number of β-lactam (4-membered cyclic amide) rings is 1. The van der Waals surface area contributed by atoms with Crippen LogP contribution in [0.25, 0.3) is 0 Å². The van der Waals surface area contributed by atoms with Crippen LogP contribution in [0.4, 0.5) is 5.69 Å². The quantitative estimate of drug-likeness (QED) is 0.219. The maximum absolute atomic E-state index is 12.6. The van der Waals surface area contributed by atoms with Crippen LogP contribution in [0.2, 0.25) is 0 Å². The Hall–Kier alpha value is -3.41. The number of methoxy groups -OCH3 is 1. The topological polar surface area (TPSA) is 149 Å². The third-order valence-corrected chi connectivity index (χ3v) is 5.80. The number of aliphatic imine (C=N–C) groups is 1.